The Hall–Kier alpha value is -0.160. The van der Waals surface area contributed by atoms with Crippen molar-refractivity contribution in [3.63, 3.8) is 0 Å². The third kappa shape index (κ3) is 8.28. The van der Waals surface area contributed by atoms with Crippen molar-refractivity contribution in [3.8, 4) is 0 Å². The van der Waals surface area contributed by atoms with Gasteiger partial charge in [0.2, 0.25) is 0 Å². The molecule has 0 aromatic rings. The lowest BCUT2D eigenvalue weighted by Crippen LogP contribution is -2.41. The summed E-state index contributed by atoms with van der Waals surface area (Å²) in [5, 5.41) is 10.7. The lowest BCUT2D eigenvalue weighted by molar-refractivity contribution is -0.155. The molecule has 0 aromatic carbocycles. The maximum absolute atomic E-state index is 10.7. The van der Waals surface area contributed by atoms with Crippen LogP contribution in [0, 0.1) is 5.41 Å². The number of ether oxygens (including phenoxy) is 3. The smallest absolute Gasteiger partial charge is 0.163 e. The van der Waals surface area contributed by atoms with E-state index in [1.54, 1.807) is 0 Å². The van der Waals surface area contributed by atoms with E-state index in [-0.39, 0.29) is 17.6 Å². The Morgan fingerprint density at radius 3 is 2.29 bits per heavy atom. The first kappa shape index (κ1) is 21.9. The van der Waals surface area contributed by atoms with Gasteiger partial charge in [-0.05, 0) is 25.7 Å². The Bertz CT molecular complexity index is 335. The number of rotatable bonds is 11. The molecule has 1 saturated heterocycles. The molecule has 0 amide bonds. The van der Waals surface area contributed by atoms with Crippen molar-refractivity contribution in [2.24, 2.45) is 5.41 Å². The van der Waals surface area contributed by atoms with Crippen LogP contribution in [0.1, 0.15) is 86.5 Å². The maximum atomic E-state index is 10.7. The summed E-state index contributed by atoms with van der Waals surface area (Å²) in [6.45, 7) is 13.3. The van der Waals surface area contributed by atoms with Crippen LogP contribution in [0.25, 0.3) is 0 Å². The Morgan fingerprint density at radius 1 is 1.12 bits per heavy atom. The predicted octanol–water partition coefficient (Wildman–Crippen LogP) is 4.68. The molecule has 1 heterocycles. The highest BCUT2D eigenvalue weighted by atomic mass is 16.7. The van der Waals surface area contributed by atoms with Crippen molar-refractivity contribution in [1.82, 2.24) is 0 Å². The number of hydrogen-bond acceptors (Lipinski definition) is 4. The molecule has 0 radical (unpaired) electrons. The zero-order valence-electron chi connectivity index (χ0n) is 16.8. The monoisotopic (exact) mass is 344 g/mol. The van der Waals surface area contributed by atoms with Gasteiger partial charge in [-0.1, -0.05) is 66.2 Å². The first-order valence-electron chi connectivity index (χ1n) is 9.77. The molecule has 3 atom stereocenters. The van der Waals surface area contributed by atoms with Crippen LogP contribution in [0.5, 0.6) is 0 Å². The van der Waals surface area contributed by atoms with Crippen LogP contribution in [0.4, 0.5) is 0 Å². The van der Waals surface area contributed by atoms with E-state index in [2.05, 4.69) is 27.7 Å². The zero-order valence-corrected chi connectivity index (χ0v) is 16.8. The summed E-state index contributed by atoms with van der Waals surface area (Å²) in [5.74, 6) is -0.522. The van der Waals surface area contributed by atoms with E-state index in [0.29, 0.717) is 13.2 Å². The molecule has 144 valence electrons. The molecule has 0 aliphatic carbocycles. The van der Waals surface area contributed by atoms with Gasteiger partial charge in [-0.15, -0.1) is 0 Å². The number of unbranched alkanes of at least 4 members (excludes halogenated alkanes) is 5. The quantitative estimate of drug-likeness (QED) is 0.553. The van der Waals surface area contributed by atoms with E-state index in [0.717, 1.165) is 12.8 Å². The largest absolute Gasteiger partial charge is 0.390 e. The minimum absolute atomic E-state index is 0.0424. The molecule has 1 N–H and O–H groups in total. The fourth-order valence-corrected chi connectivity index (χ4v) is 3.09. The molecule has 4 nitrogen and oxygen atoms in total. The number of aliphatic hydroxyl groups is 1. The van der Waals surface area contributed by atoms with Crippen molar-refractivity contribution in [2.75, 3.05) is 13.2 Å². The fraction of sp³-hybridized carbons (Fsp3) is 1.00. The summed E-state index contributed by atoms with van der Waals surface area (Å²) in [7, 11) is 0. The molecule has 1 aliphatic rings. The summed E-state index contributed by atoms with van der Waals surface area (Å²) in [5.41, 5.74) is -0.181. The van der Waals surface area contributed by atoms with Crippen LogP contribution in [-0.2, 0) is 14.2 Å². The van der Waals surface area contributed by atoms with Crippen LogP contribution >= 0.6 is 0 Å². The van der Waals surface area contributed by atoms with Crippen molar-refractivity contribution < 1.29 is 19.3 Å². The predicted molar refractivity (Wildman–Crippen MR) is 98.1 cm³/mol. The van der Waals surface area contributed by atoms with Crippen LogP contribution in [0.3, 0.4) is 0 Å². The Balaban J connectivity index is 2.40. The van der Waals surface area contributed by atoms with E-state index in [1.165, 1.54) is 32.1 Å². The molecule has 0 spiro atoms. The van der Waals surface area contributed by atoms with Crippen LogP contribution < -0.4 is 0 Å². The van der Waals surface area contributed by atoms with E-state index >= 15 is 0 Å². The van der Waals surface area contributed by atoms with Crippen molar-refractivity contribution in [1.29, 1.82) is 0 Å². The molecule has 3 unspecified atom stereocenters. The van der Waals surface area contributed by atoms with Crippen LogP contribution in [0.15, 0.2) is 0 Å². The van der Waals surface area contributed by atoms with Gasteiger partial charge in [0.15, 0.2) is 5.79 Å². The molecule has 24 heavy (non-hydrogen) atoms. The number of aliphatic hydroxyl groups excluding tert-OH is 1. The van der Waals surface area contributed by atoms with Crippen molar-refractivity contribution >= 4 is 0 Å². The summed E-state index contributed by atoms with van der Waals surface area (Å²) < 4.78 is 17.5. The first-order chi connectivity index (χ1) is 11.2. The van der Waals surface area contributed by atoms with E-state index in [1.807, 2.05) is 13.8 Å². The molecule has 0 aromatic heterocycles. The SMILES string of the molecule is CCCCCCCCC(OCC1COC(C)(C)O1)C(O)C(C)(C)C. The van der Waals surface area contributed by atoms with Gasteiger partial charge in [0.05, 0.1) is 25.4 Å². The molecule has 1 fully saturated rings. The van der Waals surface area contributed by atoms with Gasteiger partial charge in [-0.3, -0.25) is 0 Å². The summed E-state index contributed by atoms with van der Waals surface area (Å²) in [4.78, 5) is 0. The second kappa shape index (κ2) is 10.1. The van der Waals surface area contributed by atoms with Crippen LogP contribution in [0.2, 0.25) is 0 Å². The van der Waals surface area contributed by atoms with Gasteiger partial charge in [0, 0.05) is 0 Å². The average molecular weight is 345 g/mol. The van der Waals surface area contributed by atoms with Gasteiger partial charge in [0.1, 0.15) is 6.10 Å². The second-order valence-electron chi connectivity index (χ2n) is 8.69. The third-order valence-corrected chi connectivity index (χ3v) is 4.65. The molecular formula is C20H40O4. The normalized spacial score (nSPS) is 23.4. The van der Waals surface area contributed by atoms with Crippen molar-refractivity contribution in [2.45, 2.75) is 111 Å². The van der Waals surface area contributed by atoms with Gasteiger partial charge in [-0.2, -0.15) is 0 Å². The van der Waals surface area contributed by atoms with Gasteiger partial charge in [0.25, 0.3) is 0 Å². The topological polar surface area (TPSA) is 47.9 Å². The first-order valence-corrected chi connectivity index (χ1v) is 9.77. The highest BCUT2D eigenvalue weighted by Crippen LogP contribution is 2.28. The van der Waals surface area contributed by atoms with E-state index < -0.39 is 11.9 Å². The minimum Gasteiger partial charge on any atom is -0.390 e. The Kier molecular flexibility index (Phi) is 9.21. The molecule has 1 aliphatic heterocycles. The molecule has 0 bridgehead atoms. The fourth-order valence-electron chi connectivity index (χ4n) is 3.09. The van der Waals surface area contributed by atoms with Crippen LogP contribution in [-0.4, -0.2) is 42.4 Å². The van der Waals surface area contributed by atoms with Gasteiger partial charge in [-0.25, -0.2) is 0 Å². The van der Waals surface area contributed by atoms with Gasteiger partial charge >= 0.3 is 0 Å². The summed E-state index contributed by atoms with van der Waals surface area (Å²) in [6, 6.07) is 0. The zero-order chi connectivity index (χ0) is 18.2. The van der Waals surface area contributed by atoms with Gasteiger partial charge < -0.3 is 19.3 Å². The lowest BCUT2D eigenvalue weighted by atomic mass is 9.84. The number of hydrogen-bond donors (Lipinski definition) is 1. The molecule has 4 heteroatoms. The third-order valence-electron chi connectivity index (χ3n) is 4.65. The molecule has 0 saturated carbocycles. The summed E-state index contributed by atoms with van der Waals surface area (Å²) in [6.07, 6.45) is 7.76. The van der Waals surface area contributed by atoms with E-state index in [4.69, 9.17) is 14.2 Å². The molecular weight excluding hydrogens is 304 g/mol. The minimum atomic E-state index is -0.522. The summed E-state index contributed by atoms with van der Waals surface area (Å²) >= 11 is 0. The standard InChI is InChI=1S/C20H40O4/c1-7-8-9-10-11-12-13-17(18(21)19(2,3)4)22-14-16-15-23-20(5,6)24-16/h16-18,21H,7-15H2,1-6H3. The Labute approximate surface area is 149 Å². The Morgan fingerprint density at radius 2 is 1.75 bits per heavy atom. The second-order valence-corrected chi connectivity index (χ2v) is 8.69. The maximum Gasteiger partial charge on any atom is 0.163 e. The average Bonchev–Trinajstić information content (AvgIpc) is 2.83. The molecule has 1 rings (SSSR count). The van der Waals surface area contributed by atoms with Crippen molar-refractivity contribution in [3.05, 3.63) is 0 Å². The highest BCUT2D eigenvalue weighted by molar-refractivity contribution is 4.82. The lowest BCUT2D eigenvalue weighted by Gasteiger charge is -2.33. The van der Waals surface area contributed by atoms with E-state index in [9.17, 15) is 5.11 Å². The highest BCUT2D eigenvalue weighted by Gasteiger charge is 2.35.